The van der Waals surface area contributed by atoms with Gasteiger partial charge in [0.25, 0.3) is 0 Å². The predicted molar refractivity (Wildman–Crippen MR) is 133 cm³/mol. The third-order valence-corrected chi connectivity index (χ3v) is 7.67. The summed E-state index contributed by atoms with van der Waals surface area (Å²) >= 11 is 0. The third-order valence-electron chi connectivity index (χ3n) is 6.56. The van der Waals surface area contributed by atoms with E-state index >= 15 is 0 Å². The highest BCUT2D eigenvalue weighted by molar-refractivity contribution is 7.90. The molecule has 0 atom stereocenters. The molecule has 0 bridgehead atoms. The summed E-state index contributed by atoms with van der Waals surface area (Å²) in [5.41, 5.74) is 1.05. The minimum atomic E-state index is -3.50. The number of amides is 1. The van der Waals surface area contributed by atoms with Crippen molar-refractivity contribution >= 4 is 27.4 Å². The number of hydrogen-bond donors (Lipinski definition) is 0. The Morgan fingerprint density at radius 3 is 2.61 bits per heavy atom. The van der Waals surface area contributed by atoms with Crippen molar-refractivity contribution in [1.29, 1.82) is 0 Å². The second kappa shape index (κ2) is 11.4. The van der Waals surface area contributed by atoms with Gasteiger partial charge in [0, 0.05) is 38.7 Å². The maximum Gasteiger partial charge on any atom is 0.409 e. The van der Waals surface area contributed by atoms with Gasteiger partial charge in [0.2, 0.25) is 5.88 Å². The predicted octanol–water partition coefficient (Wildman–Crippen LogP) is 4.27. The molecule has 1 aromatic heterocycles. The average Bonchev–Trinajstić information content (AvgIpc) is 3.28. The summed E-state index contributed by atoms with van der Waals surface area (Å²) in [5, 5.41) is 0. The molecule has 0 unspecified atom stereocenters. The van der Waals surface area contributed by atoms with E-state index in [1.807, 2.05) is 0 Å². The van der Waals surface area contributed by atoms with Crippen LogP contribution in [0.2, 0.25) is 0 Å². The molecule has 0 aliphatic carbocycles. The number of nitrogens with zero attached hydrogens (tertiary/aromatic N) is 4. The summed E-state index contributed by atoms with van der Waals surface area (Å²) in [7, 11) is -3.50. The quantitative estimate of drug-likeness (QED) is 0.452. The molecule has 9 nitrogen and oxygen atoms in total. The Balaban J connectivity index is 1.36. The molecule has 2 aliphatic heterocycles. The van der Waals surface area contributed by atoms with Crippen LogP contribution >= 0.6 is 0 Å². The van der Waals surface area contributed by atoms with Crippen molar-refractivity contribution in [2.24, 2.45) is 0 Å². The first-order chi connectivity index (χ1) is 17.3. The SMILES string of the molecule is CCCCCCOC(=O)N1CCC(Oc2ncnc3c2CCN3c2ccc(S(C)(=O)=O)cc2F)CC1. The second-order valence-electron chi connectivity index (χ2n) is 9.25. The molecule has 3 heterocycles. The summed E-state index contributed by atoms with van der Waals surface area (Å²) in [6.07, 6.45) is 8.21. The van der Waals surface area contributed by atoms with Crippen molar-refractivity contribution in [3.05, 3.63) is 35.9 Å². The van der Waals surface area contributed by atoms with Crippen LogP contribution in [0.4, 0.5) is 20.7 Å². The van der Waals surface area contributed by atoms with Crippen molar-refractivity contribution in [1.82, 2.24) is 14.9 Å². The van der Waals surface area contributed by atoms with Gasteiger partial charge >= 0.3 is 6.09 Å². The van der Waals surface area contributed by atoms with E-state index in [1.54, 1.807) is 9.80 Å². The van der Waals surface area contributed by atoms with Gasteiger partial charge in [-0.3, -0.25) is 0 Å². The van der Waals surface area contributed by atoms with E-state index in [2.05, 4.69) is 16.9 Å². The molecule has 0 radical (unpaired) electrons. The zero-order valence-electron chi connectivity index (χ0n) is 20.8. The lowest BCUT2D eigenvalue weighted by molar-refractivity contribution is 0.0650. The van der Waals surface area contributed by atoms with Crippen molar-refractivity contribution in [3.63, 3.8) is 0 Å². The number of sulfone groups is 1. The van der Waals surface area contributed by atoms with E-state index in [0.717, 1.165) is 43.6 Å². The van der Waals surface area contributed by atoms with Crippen LogP contribution in [-0.4, -0.2) is 68.0 Å². The number of ether oxygens (including phenoxy) is 2. The van der Waals surface area contributed by atoms with Crippen LogP contribution in [0.15, 0.2) is 29.4 Å². The summed E-state index contributed by atoms with van der Waals surface area (Å²) < 4.78 is 49.9. The van der Waals surface area contributed by atoms with Crippen molar-refractivity contribution < 1.29 is 27.1 Å². The first-order valence-corrected chi connectivity index (χ1v) is 14.4. The Bertz CT molecular complexity index is 1180. The fourth-order valence-electron chi connectivity index (χ4n) is 4.54. The second-order valence-corrected chi connectivity index (χ2v) is 11.3. The molecule has 11 heteroatoms. The van der Waals surface area contributed by atoms with E-state index in [1.165, 1.54) is 18.5 Å². The standard InChI is InChI=1S/C25H33FN4O5S/c1-3-4-5-6-15-34-25(31)29-12-9-18(10-13-29)35-24-20-11-14-30(23(20)27-17-28-24)22-8-7-19(16-21(22)26)36(2,32)33/h7-8,16-18H,3-6,9-15H2,1-2H3. The molecule has 0 spiro atoms. The monoisotopic (exact) mass is 520 g/mol. The molecule has 1 amide bonds. The third kappa shape index (κ3) is 6.05. The van der Waals surface area contributed by atoms with Gasteiger partial charge in [-0.1, -0.05) is 26.2 Å². The number of carbonyl (C=O) groups excluding carboxylic acids is 1. The molecular formula is C25H33FN4O5S. The van der Waals surface area contributed by atoms with Crippen LogP contribution in [0.25, 0.3) is 0 Å². The number of benzene rings is 1. The number of piperidine rings is 1. The van der Waals surface area contributed by atoms with Crippen LogP contribution in [0.1, 0.15) is 51.0 Å². The smallest absolute Gasteiger partial charge is 0.409 e. The Kier molecular flexibility index (Phi) is 8.28. The van der Waals surface area contributed by atoms with Gasteiger partial charge in [-0.15, -0.1) is 0 Å². The lowest BCUT2D eigenvalue weighted by Crippen LogP contribution is -2.42. The van der Waals surface area contributed by atoms with Crippen LogP contribution in [-0.2, 0) is 21.0 Å². The molecule has 4 rings (SSSR count). The Hall–Kier alpha value is -2.95. The summed E-state index contributed by atoms with van der Waals surface area (Å²) in [4.78, 5) is 24.3. The molecule has 196 valence electrons. The zero-order chi connectivity index (χ0) is 25.7. The lowest BCUT2D eigenvalue weighted by Gasteiger charge is -2.31. The molecule has 1 aromatic carbocycles. The molecule has 2 aromatic rings. The van der Waals surface area contributed by atoms with E-state index < -0.39 is 15.7 Å². The first kappa shape index (κ1) is 26.1. The van der Waals surface area contributed by atoms with Crippen LogP contribution in [0, 0.1) is 5.82 Å². The number of hydrogen-bond acceptors (Lipinski definition) is 8. The molecule has 0 saturated carbocycles. The lowest BCUT2D eigenvalue weighted by atomic mass is 10.1. The fraction of sp³-hybridized carbons (Fsp3) is 0.560. The van der Waals surface area contributed by atoms with E-state index in [9.17, 15) is 17.6 Å². The van der Waals surface area contributed by atoms with E-state index in [4.69, 9.17) is 9.47 Å². The summed E-state index contributed by atoms with van der Waals surface area (Å²) in [6, 6.07) is 3.89. The topological polar surface area (TPSA) is 102 Å². The van der Waals surface area contributed by atoms with Gasteiger partial charge in [-0.05, 0) is 31.0 Å². The molecule has 1 saturated heterocycles. The zero-order valence-corrected chi connectivity index (χ0v) is 21.6. The highest BCUT2D eigenvalue weighted by Gasteiger charge is 2.31. The Labute approximate surface area is 211 Å². The maximum absolute atomic E-state index is 14.8. The molecule has 1 fully saturated rings. The Morgan fingerprint density at radius 2 is 1.92 bits per heavy atom. The number of carbonyl (C=O) groups is 1. The van der Waals surface area contributed by atoms with Crippen LogP contribution in [0.5, 0.6) is 5.88 Å². The molecule has 0 N–H and O–H groups in total. The molecular weight excluding hydrogens is 487 g/mol. The minimum Gasteiger partial charge on any atom is -0.474 e. The minimum absolute atomic E-state index is 0.0680. The number of halogens is 1. The number of aromatic nitrogens is 2. The van der Waals surface area contributed by atoms with Crippen molar-refractivity contribution in [2.45, 2.75) is 62.9 Å². The maximum atomic E-state index is 14.8. The van der Waals surface area contributed by atoms with Crippen LogP contribution in [0.3, 0.4) is 0 Å². The van der Waals surface area contributed by atoms with Gasteiger partial charge in [0.15, 0.2) is 9.84 Å². The first-order valence-electron chi connectivity index (χ1n) is 12.5. The van der Waals surface area contributed by atoms with Gasteiger partial charge < -0.3 is 19.3 Å². The summed E-state index contributed by atoms with van der Waals surface area (Å²) in [6.45, 7) is 4.18. The normalized spacial score (nSPS) is 16.2. The summed E-state index contributed by atoms with van der Waals surface area (Å²) in [5.74, 6) is 0.388. The highest BCUT2D eigenvalue weighted by atomic mass is 32.2. The average molecular weight is 521 g/mol. The van der Waals surface area contributed by atoms with E-state index in [0.29, 0.717) is 57.2 Å². The van der Waals surface area contributed by atoms with E-state index in [-0.39, 0.29) is 22.8 Å². The van der Waals surface area contributed by atoms with Gasteiger partial charge in [-0.2, -0.15) is 0 Å². The van der Waals surface area contributed by atoms with Crippen molar-refractivity contribution in [3.8, 4) is 5.88 Å². The van der Waals surface area contributed by atoms with Gasteiger partial charge in [0.1, 0.15) is 24.1 Å². The fourth-order valence-corrected chi connectivity index (χ4v) is 5.17. The van der Waals surface area contributed by atoms with Crippen LogP contribution < -0.4 is 9.64 Å². The number of fused-ring (bicyclic) bond motifs is 1. The molecule has 36 heavy (non-hydrogen) atoms. The van der Waals surface area contributed by atoms with Gasteiger partial charge in [-0.25, -0.2) is 27.6 Å². The molecule has 2 aliphatic rings. The van der Waals surface area contributed by atoms with Crippen molar-refractivity contribution in [2.75, 3.05) is 37.4 Å². The number of unbranched alkanes of at least 4 members (excludes halogenated alkanes) is 3. The largest absolute Gasteiger partial charge is 0.474 e. The number of anilines is 2. The Morgan fingerprint density at radius 1 is 1.14 bits per heavy atom. The number of likely N-dealkylation sites (tertiary alicyclic amines) is 1. The number of rotatable bonds is 9. The highest BCUT2D eigenvalue weighted by Crippen LogP contribution is 2.38. The van der Waals surface area contributed by atoms with Gasteiger partial charge in [0.05, 0.1) is 22.8 Å².